The zero-order valence-electron chi connectivity index (χ0n) is 11.7. The number of nitriles is 1. The van der Waals surface area contributed by atoms with Crippen molar-refractivity contribution in [3.05, 3.63) is 35.9 Å². The van der Waals surface area contributed by atoms with Crippen molar-refractivity contribution < 1.29 is 0 Å². The fourth-order valence-corrected chi connectivity index (χ4v) is 2.02. The van der Waals surface area contributed by atoms with Gasteiger partial charge in [-0.2, -0.15) is 5.26 Å². The third-order valence-electron chi connectivity index (χ3n) is 3.26. The molecule has 2 rings (SSSR count). The van der Waals surface area contributed by atoms with Crippen LogP contribution in [0.5, 0.6) is 0 Å². The molecule has 0 fully saturated rings. The minimum absolute atomic E-state index is 0.665. The van der Waals surface area contributed by atoms with E-state index in [1.165, 1.54) is 0 Å². The van der Waals surface area contributed by atoms with Gasteiger partial charge in [0.2, 0.25) is 0 Å². The van der Waals surface area contributed by atoms with Gasteiger partial charge in [0.05, 0.1) is 17.1 Å². The van der Waals surface area contributed by atoms with Crippen LogP contribution in [0.1, 0.15) is 25.8 Å². The van der Waals surface area contributed by atoms with E-state index in [0.29, 0.717) is 11.5 Å². The SMILES string of the molecule is CC(C)CCN(C)c1cc(C#N)c2ccccc2n1. The molecule has 0 N–H and O–H groups in total. The van der Waals surface area contributed by atoms with Crippen LogP contribution in [-0.4, -0.2) is 18.6 Å². The van der Waals surface area contributed by atoms with Crippen LogP contribution in [0, 0.1) is 17.2 Å². The zero-order chi connectivity index (χ0) is 13.8. The lowest BCUT2D eigenvalue weighted by molar-refractivity contribution is 0.584. The highest BCUT2D eigenvalue weighted by molar-refractivity contribution is 5.86. The van der Waals surface area contributed by atoms with Crippen LogP contribution >= 0.6 is 0 Å². The minimum atomic E-state index is 0.665. The quantitative estimate of drug-likeness (QED) is 0.836. The Bertz CT molecular complexity index is 611. The summed E-state index contributed by atoms with van der Waals surface area (Å²) in [7, 11) is 2.03. The van der Waals surface area contributed by atoms with E-state index in [4.69, 9.17) is 0 Å². The molecular formula is C16H19N3. The third-order valence-corrected chi connectivity index (χ3v) is 3.26. The first-order valence-corrected chi connectivity index (χ1v) is 6.63. The van der Waals surface area contributed by atoms with Crippen LogP contribution in [-0.2, 0) is 0 Å². The summed E-state index contributed by atoms with van der Waals surface area (Å²) in [5, 5.41) is 10.2. The summed E-state index contributed by atoms with van der Waals surface area (Å²) in [5.74, 6) is 1.54. The van der Waals surface area contributed by atoms with Crippen molar-refractivity contribution in [3.63, 3.8) is 0 Å². The van der Waals surface area contributed by atoms with E-state index < -0.39 is 0 Å². The average molecular weight is 253 g/mol. The van der Waals surface area contributed by atoms with Gasteiger partial charge >= 0.3 is 0 Å². The molecule has 3 nitrogen and oxygen atoms in total. The summed E-state index contributed by atoms with van der Waals surface area (Å²) >= 11 is 0. The van der Waals surface area contributed by atoms with Gasteiger partial charge in [-0.05, 0) is 24.5 Å². The number of benzene rings is 1. The van der Waals surface area contributed by atoms with E-state index in [1.807, 2.05) is 37.4 Å². The summed E-state index contributed by atoms with van der Waals surface area (Å²) in [6.45, 7) is 5.37. The molecule has 0 amide bonds. The van der Waals surface area contributed by atoms with E-state index in [9.17, 15) is 5.26 Å². The van der Waals surface area contributed by atoms with Crippen LogP contribution in [0.25, 0.3) is 10.9 Å². The Labute approximate surface area is 114 Å². The van der Waals surface area contributed by atoms with Crippen molar-refractivity contribution in [3.8, 4) is 6.07 Å². The molecule has 1 aromatic heterocycles. The molecule has 0 aliphatic rings. The number of hydrogen-bond acceptors (Lipinski definition) is 3. The lowest BCUT2D eigenvalue weighted by Crippen LogP contribution is -2.21. The second kappa shape index (κ2) is 5.71. The summed E-state index contributed by atoms with van der Waals surface area (Å²) in [6.07, 6.45) is 1.12. The van der Waals surface area contributed by atoms with Gasteiger partial charge in [-0.3, -0.25) is 0 Å². The van der Waals surface area contributed by atoms with Gasteiger partial charge in [-0.1, -0.05) is 32.0 Å². The first-order valence-electron chi connectivity index (χ1n) is 6.63. The Morgan fingerprint density at radius 1 is 1.32 bits per heavy atom. The maximum atomic E-state index is 9.26. The Kier molecular flexibility index (Phi) is 4.01. The predicted molar refractivity (Wildman–Crippen MR) is 79.2 cm³/mol. The predicted octanol–water partition coefficient (Wildman–Crippen LogP) is 3.59. The highest BCUT2D eigenvalue weighted by Gasteiger charge is 2.09. The van der Waals surface area contributed by atoms with Crippen molar-refractivity contribution in [2.75, 3.05) is 18.5 Å². The summed E-state index contributed by atoms with van der Waals surface area (Å²) < 4.78 is 0. The summed E-state index contributed by atoms with van der Waals surface area (Å²) in [5.41, 5.74) is 1.57. The minimum Gasteiger partial charge on any atom is -0.360 e. The molecule has 1 aromatic carbocycles. The van der Waals surface area contributed by atoms with Crippen LogP contribution in [0.2, 0.25) is 0 Å². The van der Waals surface area contributed by atoms with Gasteiger partial charge in [0.25, 0.3) is 0 Å². The van der Waals surface area contributed by atoms with Crippen molar-refractivity contribution in [1.82, 2.24) is 4.98 Å². The summed E-state index contributed by atoms with van der Waals surface area (Å²) in [4.78, 5) is 6.75. The zero-order valence-corrected chi connectivity index (χ0v) is 11.7. The fraction of sp³-hybridized carbons (Fsp3) is 0.375. The van der Waals surface area contributed by atoms with Gasteiger partial charge in [0, 0.05) is 19.0 Å². The first-order chi connectivity index (χ1) is 9.11. The van der Waals surface area contributed by atoms with Gasteiger partial charge < -0.3 is 4.90 Å². The number of rotatable bonds is 4. The standard InChI is InChI=1S/C16H19N3/c1-12(2)8-9-19(3)16-10-13(11-17)14-6-4-5-7-15(14)18-16/h4-7,10,12H,8-9H2,1-3H3. The molecule has 0 aliphatic heterocycles. The molecule has 0 atom stereocenters. The number of aromatic nitrogens is 1. The number of pyridine rings is 1. The number of fused-ring (bicyclic) bond motifs is 1. The molecule has 0 saturated heterocycles. The van der Waals surface area contributed by atoms with Gasteiger partial charge in [-0.15, -0.1) is 0 Å². The van der Waals surface area contributed by atoms with E-state index in [1.54, 1.807) is 0 Å². The maximum Gasteiger partial charge on any atom is 0.130 e. The Morgan fingerprint density at radius 3 is 2.74 bits per heavy atom. The molecular weight excluding hydrogens is 234 g/mol. The number of anilines is 1. The molecule has 0 aliphatic carbocycles. The number of para-hydroxylation sites is 1. The fourth-order valence-electron chi connectivity index (χ4n) is 2.02. The van der Waals surface area contributed by atoms with Crippen molar-refractivity contribution in [1.29, 1.82) is 5.26 Å². The van der Waals surface area contributed by atoms with E-state index in [2.05, 4.69) is 29.8 Å². The monoisotopic (exact) mass is 253 g/mol. The lowest BCUT2D eigenvalue weighted by atomic mass is 10.1. The first kappa shape index (κ1) is 13.4. The van der Waals surface area contributed by atoms with Gasteiger partial charge in [0.1, 0.15) is 5.82 Å². The second-order valence-corrected chi connectivity index (χ2v) is 5.26. The van der Waals surface area contributed by atoms with E-state index in [-0.39, 0.29) is 0 Å². The largest absolute Gasteiger partial charge is 0.360 e. The molecule has 19 heavy (non-hydrogen) atoms. The number of nitrogens with zero attached hydrogens (tertiary/aromatic N) is 3. The highest BCUT2D eigenvalue weighted by atomic mass is 15.2. The smallest absolute Gasteiger partial charge is 0.130 e. The molecule has 98 valence electrons. The van der Waals surface area contributed by atoms with Crippen LogP contribution in [0.15, 0.2) is 30.3 Å². The number of hydrogen-bond donors (Lipinski definition) is 0. The Hall–Kier alpha value is -2.08. The van der Waals surface area contributed by atoms with E-state index in [0.717, 1.165) is 29.7 Å². The van der Waals surface area contributed by atoms with Crippen LogP contribution < -0.4 is 4.90 Å². The lowest BCUT2D eigenvalue weighted by Gasteiger charge is -2.20. The highest BCUT2D eigenvalue weighted by Crippen LogP contribution is 2.22. The Balaban J connectivity index is 2.37. The third kappa shape index (κ3) is 3.03. The second-order valence-electron chi connectivity index (χ2n) is 5.26. The average Bonchev–Trinajstić information content (AvgIpc) is 2.43. The molecule has 1 heterocycles. The van der Waals surface area contributed by atoms with Crippen molar-refractivity contribution in [2.24, 2.45) is 5.92 Å². The molecule has 0 saturated carbocycles. The Morgan fingerprint density at radius 2 is 2.05 bits per heavy atom. The topological polar surface area (TPSA) is 39.9 Å². The van der Waals surface area contributed by atoms with E-state index >= 15 is 0 Å². The molecule has 3 heteroatoms. The summed E-state index contributed by atoms with van der Waals surface area (Å²) in [6, 6.07) is 11.9. The van der Waals surface area contributed by atoms with Crippen LogP contribution in [0.4, 0.5) is 5.82 Å². The molecule has 0 spiro atoms. The van der Waals surface area contributed by atoms with Crippen molar-refractivity contribution >= 4 is 16.7 Å². The van der Waals surface area contributed by atoms with Crippen molar-refractivity contribution in [2.45, 2.75) is 20.3 Å². The maximum absolute atomic E-state index is 9.26. The molecule has 0 bridgehead atoms. The molecule has 0 radical (unpaired) electrons. The van der Waals surface area contributed by atoms with Gasteiger partial charge in [0.15, 0.2) is 0 Å². The molecule has 0 unspecified atom stereocenters. The van der Waals surface area contributed by atoms with Gasteiger partial charge in [-0.25, -0.2) is 4.98 Å². The molecule has 2 aromatic rings. The van der Waals surface area contributed by atoms with Crippen LogP contribution in [0.3, 0.4) is 0 Å². The normalized spacial score (nSPS) is 10.7.